The summed E-state index contributed by atoms with van der Waals surface area (Å²) in [6.45, 7) is 8.49. The Morgan fingerprint density at radius 1 is 1.07 bits per heavy atom. The molecule has 1 aromatic carbocycles. The number of amides is 1. The van der Waals surface area contributed by atoms with Crippen molar-refractivity contribution in [2.45, 2.75) is 40.2 Å². The van der Waals surface area contributed by atoms with Gasteiger partial charge in [0.2, 0.25) is 0 Å². The number of benzene rings is 1. The van der Waals surface area contributed by atoms with E-state index in [4.69, 9.17) is 14.2 Å². The second-order valence-electron chi connectivity index (χ2n) is 7.13. The van der Waals surface area contributed by atoms with Gasteiger partial charge in [0.05, 0.1) is 12.2 Å². The van der Waals surface area contributed by atoms with Gasteiger partial charge in [-0.1, -0.05) is 18.2 Å². The van der Waals surface area contributed by atoms with Crippen LogP contribution >= 0.6 is 11.3 Å². The maximum absolute atomic E-state index is 12.5. The van der Waals surface area contributed by atoms with Gasteiger partial charge < -0.3 is 19.5 Å². The molecule has 0 aliphatic heterocycles. The Bertz CT molecular complexity index is 883. The van der Waals surface area contributed by atoms with Gasteiger partial charge in [0, 0.05) is 0 Å². The Kier molecular flexibility index (Phi) is 7.39. The highest BCUT2D eigenvalue weighted by Gasteiger charge is 2.29. The van der Waals surface area contributed by atoms with Crippen LogP contribution < -0.4 is 10.1 Å². The van der Waals surface area contributed by atoms with Gasteiger partial charge in [-0.05, 0) is 52.3 Å². The van der Waals surface area contributed by atoms with Crippen molar-refractivity contribution in [3.63, 3.8) is 0 Å². The molecule has 156 valence electrons. The summed E-state index contributed by atoms with van der Waals surface area (Å²) in [6, 6.07) is 8.88. The van der Waals surface area contributed by atoms with Crippen molar-refractivity contribution >= 4 is 34.2 Å². The van der Waals surface area contributed by atoms with Crippen molar-refractivity contribution in [3.8, 4) is 5.75 Å². The number of ether oxygens (including phenoxy) is 3. The average Bonchev–Trinajstić information content (AvgIpc) is 2.96. The summed E-state index contributed by atoms with van der Waals surface area (Å²) in [4.78, 5) is 37.5. The number of anilines is 1. The summed E-state index contributed by atoms with van der Waals surface area (Å²) < 4.78 is 15.9. The van der Waals surface area contributed by atoms with Crippen LogP contribution in [-0.2, 0) is 14.3 Å². The molecule has 1 heterocycles. The molecule has 0 saturated carbocycles. The zero-order chi connectivity index (χ0) is 21.6. The van der Waals surface area contributed by atoms with Gasteiger partial charge >= 0.3 is 11.9 Å². The number of hydrogen-bond acceptors (Lipinski definition) is 7. The van der Waals surface area contributed by atoms with E-state index < -0.39 is 23.4 Å². The molecular formula is C21H25NO6S. The minimum Gasteiger partial charge on any atom is -0.484 e. The van der Waals surface area contributed by atoms with Crippen LogP contribution in [0.5, 0.6) is 5.75 Å². The van der Waals surface area contributed by atoms with Crippen molar-refractivity contribution in [2.75, 3.05) is 18.5 Å². The van der Waals surface area contributed by atoms with Crippen LogP contribution in [0.25, 0.3) is 0 Å². The fourth-order valence-electron chi connectivity index (χ4n) is 2.40. The number of carbonyl (C=O) groups is 3. The van der Waals surface area contributed by atoms with Gasteiger partial charge in [0.1, 0.15) is 21.2 Å². The monoisotopic (exact) mass is 419 g/mol. The molecule has 0 aliphatic rings. The van der Waals surface area contributed by atoms with Gasteiger partial charge in [-0.3, -0.25) is 4.79 Å². The highest BCUT2D eigenvalue weighted by Crippen LogP contribution is 2.35. The number of thiophene rings is 1. The lowest BCUT2D eigenvalue weighted by Gasteiger charge is -2.19. The van der Waals surface area contributed by atoms with Gasteiger partial charge in [0.15, 0.2) is 6.61 Å². The van der Waals surface area contributed by atoms with Crippen LogP contribution in [0.4, 0.5) is 5.00 Å². The van der Waals surface area contributed by atoms with E-state index in [9.17, 15) is 14.4 Å². The molecule has 0 atom stereocenters. The SMILES string of the molecule is CCOC(=O)c1c(NC(=O)COc2ccccc2)sc(C(=O)OC(C)(C)C)c1C. The van der Waals surface area contributed by atoms with Crippen molar-refractivity contribution < 1.29 is 28.6 Å². The maximum atomic E-state index is 12.5. The summed E-state index contributed by atoms with van der Waals surface area (Å²) in [5.41, 5.74) is -0.141. The summed E-state index contributed by atoms with van der Waals surface area (Å²) in [6.07, 6.45) is 0. The van der Waals surface area contributed by atoms with Crippen LogP contribution in [0, 0.1) is 6.92 Å². The number of esters is 2. The zero-order valence-electron chi connectivity index (χ0n) is 17.2. The standard InChI is InChI=1S/C21H25NO6S/c1-6-26-19(24)16-13(2)17(20(25)28-21(3,4)5)29-18(16)22-15(23)12-27-14-10-8-7-9-11-14/h7-11H,6,12H2,1-5H3,(H,22,23). The van der Waals surface area contributed by atoms with E-state index in [-0.39, 0.29) is 28.7 Å². The predicted octanol–water partition coefficient (Wildman–Crippen LogP) is 4.21. The highest BCUT2D eigenvalue weighted by atomic mass is 32.1. The summed E-state index contributed by atoms with van der Waals surface area (Å²) in [7, 11) is 0. The highest BCUT2D eigenvalue weighted by molar-refractivity contribution is 7.18. The molecule has 2 aromatic rings. The van der Waals surface area contributed by atoms with Crippen molar-refractivity contribution in [3.05, 3.63) is 46.3 Å². The Balaban J connectivity index is 2.24. The smallest absolute Gasteiger partial charge is 0.349 e. The number of hydrogen-bond donors (Lipinski definition) is 1. The van der Waals surface area contributed by atoms with Gasteiger partial charge in [-0.2, -0.15) is 0 Å². The molecule has 0 unspecified atom stereocenters. The quantitative estimate of drug-likeness (QED) is 0.676. The number of rotatable bonds is 7. The van der Waals surface area contributed by atoms with E-state index in [1.54, 1.807) is 58.9 Å². The average molecular weight is 419 g/mol. The van der Waals surface area contributed by atoms with Crippen LogP contribution in [0.3, 0.4) is 0 Å². The van der Waals surface area contributed by atoms with E-state index in [0.29, 0.717) is 11.3 Å². The van der Waals surface area contributed by atoms with E-state index in [1.807, 2.05) is 6.07 Å². The lowest BCUT2D eigenvalue weighted by atomic mass is 10.1. The molecule has 1 aromatic heterocycles. The Morgan fingerprint density at radius 3 is 2.31 bits per heavy atom. The molecule has 1 N–H and O–H groups in total. The van der Waals surface area contributed by atoms with E-state index in [2.05, 4.69) is 5.32 Å². The number of para-hydroxylation sites is 1. The minimum absolute atomic E-state index is 0.144. The van der Waals surface area contributed by atoms with Crippen molar-refractivity contribution in [2.24, 2.45) is 0 Å². The van der Waals surface area contributed by atoms with Gasteiger partial charge in [-0.25, -0.2) is 9.59 Å². The molecule has 8 heteroatoms. The first-order valence-corrected chi connectivity index (χ1v) is 9.95. The third kappa shape index (κ3) is 6.32. The Hall–Kier alpha value is -2.87. The Labute approximate surface area is 174 Å². The molecule has 1 amide bonds. The van der Waals surface area contributed by atoms with Crippen molar-refractivity contribution in [1.29, 1.82) is 0 Å². The number of carbonyl (C=O) groups excluding carboxylic acids is 3. The maximum Gasteiger partial charge on any atom is 0.349 e. The molecule has 0 bridgehead atoms. The molecule has 0 fully saturated rings. The van der Waals surface area contributed by atoms with Crippen LogP contribution in [0.15, 0.2) is 30.3 Å². The predicted molar refractivity (Wildman–Crippen MR) is 111 cm³/mol. The summed E-state index contributed by atoms with van der Waals surface area (Å²) in [5.74, 6) is -1.09. The first-order valence-electron chi connectivity index (χ1n) is 9.14. The number of nitrogens with one attached hydrogen (secondary N) is 1. The lowest BCUT2D eigenvalue weighted by molar-refractivity contribution is -0.118. The summed E-state index contributed by atoms with van der Waals surface area (Å²) >= 11 is 0.976. The van der Waals surface area contributed by atoms with Crippen molar-refractivity contribution in [1.82, 2.24) is 0 Å². The second kappa shape index (κ2) is 9.56. The molecule has 0 aliphatic carbocycles. The topological polar surface area (TPSA) is 90.9 Å². The molecule has 0 radical (unpaired) electrons. The molecular weight excluding hydrogens is 394 g/mol. The zero-order valence-corrected chi connectivity index (χ0v) is 18.0. The second-order valence-corrected chi connectivity index (χ2v) is 8.15. The fourth-order valence-corrected chi connectivity index (χ4v) is 3.49. The first kappa shape index (κ1) is 22.4. The minimum atomic E-state index is -0.690. The lowest BCUT2D eigenvalue weighted by Crippen LogP contribution is -2.23. The fraction of sp³-hybridized carbons (Fsp3) is 0.381. The third-order valence-corrected chi connectivity index (χ3v) is 4.76. The van der Waals surface area contributed by atoms with Gasteiger partial charge in [-0.15, -0.1) is 11.3 Å². The van der Waals surface area contributed by atoms with E-state index in [1.165, 1.54) is 0 Å². The first-order chi connectivity index (χ1) is 13.6. The molecule has 7 nitrogen and oxygen atoms in total. The van der Waals surface area contributed by atoms with E-state index >= 15 is 0 Å². The Morgan fingerprint density at radius 2 is 1.72 bits per heavy atom. The van der Waals surface area contributed by atoms with E-state index in [0.717, 1.165) is 11.3 Å². The molecule has 0 spiro atoms. The van der Waals surface area contributed by atoms with Crippen LogP contribution in [0.2, 0.25) is 0 Å². The molecule has 29 heavy (non-hydrogen) atoms. The van der Waals surface area contributed by atoms with Crippen LogP contribution in [-0.4, -0.2) is 36.7 Å². The normalized spacial score (nSPS) is 10.9. The molecule has 2 rings (SSSR count). The molecule has 0 saturated heterocycles. The largest absolute Gasteiger partial charge is 0.484 e. The third-order valence-electron chi connectivity index (χ3n) is 3.58. The summed E-state index contributed by atoms with van der Waals surface area (Å²) in [5, 5.41) is 2.87. The van der Waals surface area contributed by atoms with Gasteiger partial charge in [0.25, 0.3) is 5.91 Å². The van der Waals surface area contributed by atoms with Crippen LogP contribution in [0.1, 0.15) is 53.3 Å².